The average Bonchev–Trinajstić information content (AvgIpc) is 2.81. The SMILES string of the molecule is CNc1nc(C(C)C)nc(N2CCCC2)n1. The molecule has 0 atom stereocenters. The van der Waals surface area contributed by atoms with Gasteiger partial charge in [-0.05, 0) is 12.8 Å². The molecule has 1 aliphatic heterocycles. The first-order valence-electron chi connectivity index (χ1n) is 5.89. The first kappa shape index (κ1) is 11.1. The van der Waals surface area contributed by atoms with E-state index in [2.05, 4.69) is 39.0 Å². The maximum absolute atomic E-state index is 4.53. The van der Waals surface area contributed by atoms with Crippen molar-refractivity contribution in [2.75, 3.05) is 30.4 Å². The predicted octanol–water partition coefficient (Wildman–Crippen LogP) is 1.64. The molecule has 5 nitrogen and oxygen atoms in total. The lowest BCUT2D eigenvalue weighted by Crippen LogP contribution is -2.22. The molecule has 1 N–H and O–H groups in total. The molecule has 1 aromatic heterocycles. The third-order valence-electron chi connectivity index (χ3n) is 2.77. The summed E-state index contributed by atoms with van der Waals surface area (Å²) in [4.78, 5) is 15.5. The van der Waals surface area contributed by atoms with Crippen LogP contribution in [-0.4, -0.2) is 35.1 Å². The standard InChI is InChI=1S/C11H19N5/c1-8(2)9-13-10(12-3)15-11(14-9)16-6-4-5-7-16/h8H,4-7H2,1-3H3,(H,12,13,14,15). The number of aromatic nitrogens is 3. The Kier molecular flexibility index (Phi) is 3.22. The van der Waals surface area contributed by atoms with E-state index in [4.69, 9.17) is 0 Å². The van der Waals surface area contributed by atoms with E-state index in [0.29, 0.717) is 11.9 Å². The van der Waals surface area contributed by atoms with Crippen molar-refractivity contribution in [1.29, 1.82) is 0 Å². The molecule has 0 amide bonds. The molecule has 1 aliphatic rings. The molecule has 5 heteroatoms. The second-order valence-electron chi connectivity index (χ2n) is 4.42. The number of anilines is 2. The Morgan fingerprint density at radius 3 is 2.38 bits per heavy atom. The molecule has 2 rings (SSSR count). The molecular formula is C11H19N5. The van der Waals surface area contributed by atoms with Crippen molar-refractivity contribution >= 4 is 11.9 Å². The van der Waals surface area contributed by atoms with Crippen LogP contribution >= 0.6 is 0 Å². The summed E-state index contributed by atoms with van der Waals surface area (Å²) in [7, 11) is 1.84. The van der Waals surface area contributed by atoms with Gasteiger partial charge < -0.3 is 10.2 Å². The van der Waals surface area contributed by atoms with Crippen LogP contribution < -0.4 is 10.2 Å². The van der Waals surface area contributed by atoms with Crippen LogP contribution in [-0.2, 0) is 0 Å². The number of nitrogens with one attached hydrogen (secondary N) is 1. The third kappa shape index (κ3) is 2.23. The first-order valence-corrected chi connectivity index (χ1v) is 5.89. The second kappa shape index (κ2) is 4.63. The average molecular weight is 221 g/mol. The zero-order valence-electron chi connectivity index (χ0n) is 10.2. The number of hydrogen-bond donors (Lipinski definition) is 1. The molecule has 0 saturated carbocycles. The number of hydrogen-bond acceptors (Lipinski definition) is 5. The van der Waals surface area contributed by atoms with Crippen molar-refractivity contribution in [2.45, 2.75) is 32.6 Å². The molecule has 0 radical (unpaired) electrons. The summed E-state index contributed by atoms with van der Waals surface area (Å²) in [5, 5.41) is 3.00. The molecule has 1 fully saturated rings. The predicted molar refractivity (Wildman–Crippen MR) is 64.9 cm³/mol. The van der Waals surface area contributed by atoms with E-state index in [9.17, 15) is 0 Å². The molecule has 1 aromatic rings. The van der Waals surface area contributed by atoms with Crippen molar-refractivity contribution in [1.82, 2.24) is 15.0 Å². The van der Waals surface area contributed by atoms with Crippen molar-refractivity contribution < 1.29 is 0 Å². The lowest BCUT2D eigenvalue weighted by atomic mass is 10.2. The minimum Gasteiger partial charge on any atom is -0.357 e. The topological polar surface area (TPSA) is 53.9 Å². The summed E-state index contributed by atoms with van der Waals surface area (Å²) < 4.78 is 0. The Morgan fingerprint density at radius 2 is 1.81 bits per heavy atom. The summed E-state index contributed by atoms with van der Waals surface area (Å²) >= 11 is 0. The van der Waals surface area contributed by atoms with E-state index in [0.717, 1.165) is 24.9 Å². The Labute approximate surface area is 96.3 Å². The fourth-order valence-electron chi connectivity index (χ4n) is 1.81. The van der Waals surface area contributed by atoms with E-state index >= 15 is 0 Å². The number of nitrogens with zero attached hydrogens (tertiary/aromatic N) is 4. The summed E-state index contributed by atoms with van der Waals surface area (Å²) in [5.74, 6) is 2.68. The Hall–Kier alpha value is -1.39. The van der Waals surface area contributed by atoms with Gasteiger partial charge in [0.05, 0.1) is 0 Å². The van der Waals surface area contributed by atoms with E-state index < -0.39 is 0 Å². The van der Waals surface area contributed by atoms with Crippen LogP contribution in [0.3, 0.4) is 0 Å². The molecule has 2 heterocycles. The van der Waals surface area contributed by atoms with Crippen LogP contribution in [0, 0.1) is 0 Å². The highest BCUT2D eigenvalue weighted by Gasteiger charge is 2.17. The highest BCUT2D eigenvalue weighted by Crippen LogP contribution is 2.19. The second-order valence-corrected chi connectivity index (χ2v) is 4.42. The van der Waals surface area contributed by atoms with Crippen LogP contribution in [0.15, 0.2) is 0 Å². The van der Waals surface area contributed by atoms with Crippen LogP contribution in [0.25, 0.3) is 0 Å². The van der Waals surface area contributed by atoms with Gasteiger partial charge in [0.2, 0.25) is 11.9 Å². The van der Waals surface area contributed by atoms with E-state index in [1.54, 1.807) is 0 Å². The lowest BCUT2D eigenvalue weighted by molar-refractivity contribution is 0.748. The van der Waals surface area contributed by atoms with Gasteiger partial charge in [-0.2, -0.15) is 15.0 Å². The van der Waals surface area contributed by atoms with Crippen LogP contribution in [0.5, 0.6) is 0 Å². The van der Waals surface area contributed by atoms with Crippen molar-refractivity contribution in [3.8, 4) is 0 Å². The largest absolute Gasteiger partial charge is 0.357 e. The van der Waals surface area contributed by atoms with Gasteiger partial charge in [0.15, 0.2) is 0 Å². The van der Waals surface area contributed by atoms with Gasteiger partial charge in [-0.15, -0.1) is 0 Å². The van der Waals surface area contributed by atoms with E-state index in [-0.39, 0.29) is 0 Å². The maximum atomic E-state index is 4.53. The molecule has 0 bridgehead atoms. The van der Waals surface area contributed by atoms with E-state index in [1.807, 2.05) is 7.05 Å². The Bertz CT molecular complexity index is 357. The van der Waals surface area contributed by atoms with Gasteiger partial charge >= 0.3 is 0 Å². The van der Waals surface area contributed by atoms with Crippen molar-refractivity contribution in [3.05, 3.63) is 5.82 Å². The van der Waals surface area contributed by atoms with Gasteiger partial charge in [-0.3, -0.25) is 0 Å². The van der Waals surface area contributed by atoms with Crippen LogP contribution in [0.2, 0.25) is 0 Å². The smallest absolute Gasteiger partial charge is 0.230 e. The fraction of sp³-hybridized carbons (Fsp3) is 0.727. The normalized spacial score (nSPS) is 15.9. The summed E-state index contributed by atoms with van der Waals surface area (Å²) in [5.41, 5.74) is 0. The van der Waals surface area contributed by atoms with Gasteiger partial charge in [0.1, 0.15) is 5.82 Å². The minimum absolute atomic E-state index is 0.330. The quantitative estimate of drug-likeness (QED) is 0.841. The Morgan fingerprint density at radius 1 is 1.12 bits per heavy atom. The zero-order chi connectivity index (χ0) is 11.5. The van der Waals surface area contributed by atoms with Gasteiger partial charge in [-0.1, -0.05) is 13.8 Å². The monoisotopic (exact) mass is 221 g/mol. The fourth-order valence-corrected chi connectivity index (χ4v) is 1.81. The Balaban J connectivity index is 2.32. The minimum atomic E-state index is 0.330. The summed E-state index contributed by atoms with van der Waals surface area (Å²) in [6.07, 6.45) is 2.47. The third-order valence-corrected chi connectivity index (χ3v) is 2.77. The summed E-state index contributed by atoms with van der Waals surface area (Å²) in [6, 6.07) is 0. The van der Waals surface area contributed by atoms with Gasteiger partial charge in [-0.25, -0.2) is 0 Å². The molecule has 1 saturated heterocycles. The zero-order valence-corrected chi connectivity index (χ0v) is 10.2. The molecular weight excluding hydrogens is 202 g/mol. The molecule has 16 heavy (non-hydrogen) atoms. The van der Waals surface area contributed by atoms with Gasteiger partial charge in [0.25, 0.3) is 0 Å². The lowest BCUT2D eigenvalue weighted by Gasteiger charge is -2.17. The maximum Gasteiger partial charge on any atom is 0.230 e. The number of rotatable bonds is 3. The highest BCUT2D eigenvalue weighted by molar-refractivity contribution is 5.37. The molecule has 0 aromatic carbocycles. The van der Waals surface area contributed by atoms with E-state index in [1.165, 1.54) is 12.8 Å². The first-order chi connectivity index (χ1) is 7.70. The molecule has 0 spiro atoms. The van der Waals surface area contributed by atoms with Crippen molar-refractivity contribution in [3.63, 3.8) is 0 Å². The molecule has 0 unspecified atom stereocenters. The highest BCUT2D eigenvalue weighted by atomic mass is 15.3. The van der Waals surface area contributed by atoms with Crippen molar-refractivity contribution in [2.24, 2.45) is 0 Å². The van der Waals surface area contributed by atoms with Crippen LogP contribution in [0.1, 0.15) is 38.4 Å². The summed E-state index contributed by atoms with van der Waals surface area (Å²) in [6.45, 7) is 6.32. The molecule has 88 valence electrons. The van der Waals surface area contributed by atoms with Gasteiger partial charge in [0, 0.05) is 26.1 Å². The molecule has 0 aliphatic carbocycles. The van der Waals surface area contributed by atoms with Crippen LogP contribution in [0.4, 0.5) is 11.9 Å².